The zero-order valence-electron chi connectivity index (χ0n) is 66.2. The molecule has 0 aromatic heterocycles. The van der Waals surface area contributed by atoms with Gasteiger partial charge in [-0.3, -0.25) is 19.2 Å². The van der Waals surface area contributed by atoms with Crippen LogP contribution in [0.4, 0.5) is 79.6 Å². The van der Waals surface area contributed by atoms with Crippen LogP contribution in [0.2, 0.25) is 0 Å². The van der Waals surface area contributed by atoms with Crippen LogP contribution in [0.5, 0.6) is 0 Å². The molecule has 1 saturated heterocycles. The Balaban J connectivity index is 0.000000208. The largest absolute Gasteiger partial charge is 1.00 e. The van der Waals surface area contributed by atoms with Crippen LogP contribution in [0.15, 0.2) is 235 Å². The maximum Gasteiger partial charge on any atom is 1.00 e. The number of amides is 4. The average molecular weight is 2100 g/mol. The number of benzene rings is 11. The standard InChI is InChI=1S/C26H24BrN3O2.C16H15BrN2O4.C15H11BrN2O3.C14H9BrN2O3.C8H6BrIO2.C8H10N2O2.Li.2H2O/c27-20-7-9-22-21(16-20)25(31)29-24-15-19(6-8-23(24)28-22)26(32)30-12-10-18(11-13-30)14-17-4-2-1-3-5-17;1-22-15(20)9-3-5-14(12(18)7-9)19-13-6-4-10(17)8-11(13)16(21)23-2;1-21-15(20)8-2-4-12-13(6-8)18-14(19)10-7-9(16)3-5-11(10)17-12;15-8-2-4-10-9(6-8)13(18)17-12-5-7(14(19)20)1-3-11(12)16-10;1-12-8(11)6-4-5(9)2-3-7(6)10;1-12-8(11)5-2-3-6(9)7(10)4-5;;;/h1-9,15-16,18,28H,10-14H2,(H,29,31);3-8,19H,18H2,1-2H3;2-7,17H,1H3,(H,18,19);1-6,16H,(H,17,18)(H,19,20);2-4H,1H3;2-4H,9-10H2,1H3;;2*1H2/q;;;;;;+1;;/p-2. The first-order valence-corrected chi connectivity index (χ1v) is 41.1. The smallest absolute Gasteiger partial charge is 0.870 e. The third-order valence-corrected chi connectivity index (χ3v) is 21.9. The Bertz CT molecular complexity index is 5810. The van der Waals surface area contributed by atoms with Crippen LogP contribution in [0.1, 0.15) is 122 Å². The number of esters is 5. The Labute approximate surface area is 773 Å². The van der Waals surface area contributed by atoms with E-state index in [1.165, 1.54) is 65.4 Å². The van der Waals surface area contributed by atoms with E-state index in [0.29, 0.717) is 119 Å². The molecule has 4 amide bonds. The Kier molecular flexibility index (Phi) is 36.8. The Morgan fingerprint density at radius 3 is 1.20 bits per heavy atom. The van der Waals surface area contributed by atoms with Crippen LogP contribution in [-0.4, -0.2) is 129 Å². The fraction of sp³-hybridized carbons (Fsp3) is 0.126. The van der Waals surface area contributed by atoms with Gasteiger partial charge in [-0.1, -0.05) is 110 Å². The van der Waals surface area contributed by atoms with Gasteiger partial charge in [0.2, 0.25) is 0 Å². The number of nitrogens with zero attached hydrogens (tertiary/aromatic N) is 1. The van der Waals surface area contributed by atoms with E-state index in [2.05, 4.69) is 183 Å². The molecule has 11 aromatic carbocycles. The number of rotatable bonds is 11. The molecule has 632 valence electrons. The van der Waals surface area contributed by atoms with Crippen LogP contribution in [-0.2, 0) is 30.1 Å². The molecule has 0 spiro atoms. The molecule has 0 unspecified atom stereocenters. The number of carbonyl (C=O) groups excluding carboxylic acids is 9. The number of hydrogen-bond acceptors (Lipinski definition) is 24. The first-order chi connectivity index (χ1) is 57.4. The third-order valence-electron chi connectivity index (χ3n) is 18.4. The average Bonchev–Trinajstić information content (AvgIpc) is 1.69. The van der Waals surface area contributed by atoms with E-state index < -0.39 is 29.8 Å². The van der Waals surface area contributed by atoms with Gasteiger partial charge in [0.1, 0.15) is 0 Å². The summed E-state index contributed by atoms with van der Waals surface area (Å²) >= 11 is 18.8. The van der Waals surface area contributed by atoms with Crippen molar-refractivity contribution in [1.29, 1.82) is 0 Å². The predicted octanol–water partition coefficient (Wildman–Crippen LogP) is 16.3. The molecular formula is C87H77Br5ILiN11O18-. The van der Waals surface area contributed by atoms with Crippen molar-refractivity contribution in [3.8, 4) is 0 Å². The third kappa shape index (κ3) is 26.2. The van der Waals surface area contributed by atoms with E-state index in [1.54, 1.807) is 103 Å². The maximum atomic E-state index is 13.2. The van der Waals surface area contributed by atoms with Crippen LogP contribution >= 0.6 is 102 Å². The predicted molar refractivity (Wildman–Crippen MR) is 492 cm³/mol. The van der Waals surface area contributed by atoms with Crippen LogP contribution in [0.25, 0.3) is 0 Å². The number of methoxy groups -OCH3 is 5. The van der Waals surface area contributed by atoms with Gasteiger partial charge in [0.05, 0.1) is 165 Å². The van der Waals surface area contributed by atoms with Crippen molar-refractivity contribution in [1.82, 2.24) is 4.90 Å². The number of nitrogen functional groups attached to an aromatic ring is 3. The Hall–Kier alpha value is -11.6. The van der Waals surface area contributed by atoms with Gasteiger partial charge in [0, 0.05) is 44.6 Å². The maximum absolute atomic E-state index is 13.2. The number of aromatic carboxylic acids is 1. The van der Waals surface area contributed by atoms with Crippen molar-refractivity contribution in [2.75, 3.05) is 103 Å². The van der Waals surface area contributed by atoms with Gasteiger partial charge >= 0.3 is 54.7 Å². The zero-order valence-corrected chi connectivity index (χ0v) is 76.3. The summed E-state index contributed by atoms with van der Waals surface area (Å²) in [5.74, 6) is -3.24. The number of carbonyl (C=O) groups is 10. The minimum absolute atomic E-state index is 0. The second kappa shape index (κ2) is 46.0. The number of likely N-dealkylation sites (tertiary alicyclic amines) is 1. The topological polar surface area (TPSA) is 463 Å². The summed E-state index contributed by atoms with van der Waals surface area (Å²) in [4.78, 5) is 120. The van der Waals surface area contributed by atoms with Gasteiger partial charge in [0.15, 0.2) is 0 Å². The number of fused-ring (bicyclic) bond motifs is 6. The molecule has 29 nitrogen and oxygen atoms in total. The number of hydrogen-bond donors (Lipinski definition) is 11. The van der Waals surface area contributed by atoms with Gasteiger partial charge in [-0.2, -0.15) is 0 Å². The van der Waals surface area contributed by atoms with Crippen molar-refractivity contribution < 1.29 is 107 Å². The molecule has 123 heavy (non-hydrogen) atoms. The van der Waals surface area contributed by atoms with Gasteiger partial charge < -0.3 is 99.1 Å². The number of carboxylic acids is 1. The SMILES string of the molecule is COC(=O)c1cc(Br)ccc1I.COC(=O)c1ccc(N)c(N)c1.COC(=O)c1ccc(Nc2ccc(Br)cc2C(=O)OC)c(N)c1.COC(=O)c1ccc2c(c1)NC(=O)c1cc(Br)ccc1N2.O=C(O)c1ccc2c(c1)NC(=O)c1cc(Br)ccc1N2.O=C1Nc2cc(C(=O)N3CCC(Cc4ccccc4)CC3)ccc2Nc2ccc(Br)cc21.[Li+].[OH-].[OH-]. The molecule has 4 heterocycles. The summed E-state index contributed by atoms with van der Waals surface area (Å²) in [5, 5.41) is 30.1. The van der Waals surface area contributed by atoms with E-state index in [0.717, 1.165) is 75.3 Å². The minimum atomic E-state index is -1.04. The fourth-order valence-electron chi connectivity index (χ4n) is 12.2. The molecule has 0 radical (unpaired) electrons. The number of carboxylic acid groups (broad SMARTS) is 1. The van der Waals surface area contributed by atoms with E-state index in [-0.39, 0.29) is 65.0 Å². The number of ether oxygens (including phenoxy) is 5. The molecule has 0 saturated carbocycles. The van der Waals surface area contributed by atoms with Crippen molar-refractivity contribution in [3.05, 3.63) is 299 Å². The fourth-order valence-corrected chi connectivity index (χ4v) is 14.6. The first-order valence-electron chi connectivity index (χ1n) is 36.1. The van der Waals surface area contributed by atoms with Gasteiger partial charge in [-0.05, 0) is 235 Å². The van der Waals surface area contributed by atoms with Gasteiger partial charge in [-0.15, -0.1) is 0 Å². The van der Waals surface area contributed by atoms with Gasteiger partial charge in [-0.25, -0.2) is 28.8 Å². The van der Waals surface area contributed by atoms with Crippen molar-refractivity contribution in [2.45, 2.75) is 19.3 Å². The molecule has 0 aliphatic carbocycles. The normalized spacial score (nSPS) is 12.0. The van der Waals surface area contributed by atoms with Crippen LogP contribution in [0.3, 0.4) is 0 Å². The molecule has 4 aliphatic heterocycles. The van der Waals surface area contributed by atoms with E-state index in [1.807, 2.05) is 65.6 Å². The molecular weight excluding hydrogens is 2020 g/mol. The molecule has 16 N–H and O–H groups in total. The summed E-state index contributed by atoms with van der Waals surface area (Å²) in [5.41, 5.74) is 30.8. The quantitative estimate of drug-likeness (QED) is 0.0188. The molecule has 0 atom stereocenters. The van der Waals surface area contributed by atoms with E-state index in [4.69, 9.17) is 27.0 Å². The van der Waals surface area contributed by atoms with Crippen LogP contribution in [0, 0.1) is 9.49 Å². The van der Waals surface area contributed by atoms with E-state index >= 15 is 0 Å². The van der Waals surface area contributed by atoms with Crippen molar-refractivity contribution in [3.63, 3.8) is 0 Å². The summed E-state index contributed by atoms with van der Waals surface area (Å²) in [7, 11) is 6.62. The summed E-state index contributed by atoms with van der Waals surface area (Å²) in [6, 6.07) is 61.8. The second-order valence-corrected chi connectivity index (χ2v) is 32.1. The molecule has 36 heteroatoms. The number of nitrogens with two attached hydrogens (primary N) is 3. The molecule has 15 rings (SSSR count). The monoisotopic (exact) mass is 2090 g/mol. The molecule has 0 bridgehead atoms. The van der Waals surface area contributed by atoms with Crippen LogP contribution < -0.4 is 73.3 Å². The Morgan fingerprint density at radius 1 is 0.398 bits per heavy atom. The number of halogens is 6. The summed E-state index contributed by atoms with van der Waals surface area (Å²) < 4.78 is 28.2. The van der Waals surface area contributed by atoms with Crippen molar-refractivity contribution >= 4 is 241 Å². The Morgan fingerprint density at radius 2 is 0.756 bits per heavy atom. The molecule has 11 aromatic rings. The first kappa shape index (κ1) is 98.5. The second-order valence-electron chi connectivity index (χ2n) is 26.4. The summed E-state index contributed by atoms with van der Waals surface area (Å²) in [6.45, 7) is 1.52. The molecule has 1 fully saturated rings. The van der Waals surface area contributed by atoms with Crippen molar-refractivity contribution in [2.24, 2.45) is 5.92 Å². The number of anilines is 14. The molecule has 4 aliphatic rings. The summed E-state index contributed by atoms with van der Waals surface area (Å²) in [6.07, 6.45) is 3.08. The number of piperidine rings is 1. The minimum Gasteiger partial charge on any atom is -0.870 e. The van der Waals surface area contributed by atoms with E-state index in [9.17, 15) is 47.9 Å². The number of nitrogens with one attached hydrogen (secondary N) is 7. The van der Waals surface area contributed by atoms with Gasteiger partial charge in [0.25, 0.3) is 23.6 Å². The zero-order chi connectivity index (χ0) is 86.6.